The zero-order chi connectivity index (χ0) is 15.9. The minimum atomic E-state index is 0.0319. The van der Waals surface area contributed by atoms with E-state index in [1.807, 2.05) is 30.3 Å². The van der Waals surface area contributed by atoms with Gasteiger partial charge in [0.05, 0.1) is 27.1 Å². The molecule has 0 bridgehead atoms. The van der Waals surface area contributed by atoms with Crippen LogP contribution in [-0.4, -0.2) is 26.5 Å². The van der Waals surface area contributed by atoms with Crippen LogP contribution in [0.1, 0.15) is 17.2 Å². The number of nitrogens with one attached hydrogen (secondary N) is 2. The van der Waals surface area contributed by atoms with E-state index in [-0.39, 0.29) is 11.9 Å². The summed E-state index contributed by atoms with van der Waals surface area (Å²) in [6, 6.07) is 17.9. The fourth-order valence-electron chi connectivity index (χ4n) is 2.41. The van der Waals surface area contributed by atoms with E-state index < -0.39 is 0 Å². The van der Waals surface area contributed by atoms with Crippen LogP contribution in [0.5, 0.6) is 0 Å². The van der Waals surface area contributed by atoms with Gasteiger partial charge in [-0.05, 0) is 17.7 Å². The van der Waals surface area contributed by atoms with Gasteiger partial charge in [-0.25, -0.2) is 0 Å². The van der Waals surface area contributed by atoms with Crippen molar-refractivity contribution in [3.63, 3.8) is 0 Å². The maximum atomic E-state index is 12.1. The van der Waals surface area contributed by atoms with Gasteiger partial charge >= 0.3 is 0 Å². The molecule has 0 aliphatic heterocycles. The molecule has 3 nitrogen and oxygen atoms in total. The maximum absolute atomic E-state index is 12.1. The molecule has 1 amide bonds. The van der Waals surface area contributed by atoms with Gasteiger partial charge in [-0.3, -0.25) is 4.79 Å². The summed E-state index contributed by atoms with van der Waals surface area (Å²) in [6.07, 6.45) is 0.376. The van der Waals surface area contributed by atoms with Gasteiger partial charge in [-0.1, -0.05) is 54.1 Å². The monoisotopic (exact) mass is 317 g/mol. The number of benzene rings is 2. The largest absolute Gasteiger partial charge is 0.349 e. The molecule has 0 aromatic heterocycles. The van der Waals surface area contributed by atoms with Gasteiger partial charge in [0.25, 0.3) is 0 Å². The first-order valence-corrected chi connectivity index (χ1v) is 7.80. The predicted molar refractivity (Wildman–Crippen MR) is 90.2 cm³/mol. The van der Waals surface area contributed by atoms with Gasteiger partial charge in [-0.2, -0.15) is 0 Å². The van der Waals surface area contributed by atoms with Crippen LogP contribution in [0.4, 0.5) is 0 Å². The number of halogens is 1. The Kier molecular flexibility index (Phi) is 5.99. The number of carbonyl (C=O) groups excluding carboxylic acids is 1. The lowest BCUT2D eigenvalue weighted by Crippen LogP contribution is -3.07. The van der Waals surface area contributed by atoms with Gasteiger partial charge in [-0.15, -0.1) is 0 Å². The molecule has 2 aromatic rings. The number of rotatable bonds is 6. The molecular weight excluding hydrogens is 296 g/mol. The lowest BCUT2D eigenvalue weighted by molar-refractivity contribution is -0.890. The lowest BCUT2D eigenvalue weighted by Gasteiger charge is -2.22. The quantitative estimate of drug-likeness (QED) is 0.838. The van der Waals surface area contributed by atoms with Crippen LogP contribution in [0, 0.1) is 0 Å². The van der Waals surface area contributed by atoms with Crippen molar-refractivity contribution in [2.24, 2.45) is 0 Å². The van der Waals surface area contributed by atoms with Crippen molar-refractivity contribution in [1.29, 1.82) is 0 Å². The Bertz CT molecular complexity index is 596. The number of hydrogen-bond donors (Lipinski definition) is 2. The summed E-state index contributed by atoms with van der Waals surface area (Å²) in [5.74, 6) is 0.0319. The molecule has 0 aliphatic rings. The summed E-state index contributed by atoms with van der Waals surface area (Å²) in [4.78, 5) is 13.4. The summed E-state index contributed by atoms with van der Waals surface area (Å²) in [6.45, 7) is 0.624. The number of hydrogen-bond acceptors (Lipinski definition) is 1. The van der Waals surface area contributed by atoms with Crippen LogP contribution in [0.15, 0.2) is 54.6 Å². The van der Waals surface area contributed by atoms with Gasteiger partial charge in [0.2, 0.25) is 5.91 Å². The SMILES string of the molecule is C[NH+](C)[C@@H](CNC(=O)Cc1ccc(Cl)cc1)c1ccccc1. The van der Waals surface area contributed by atoms with E-state index in [2.05, 4.69) is 31.5 Å². The highest BCUT2D eigenvalue weighted by Gasteiger charge is 2.18. The molecule has 1 atom stereocenters. The maximum Gasteiger partial charge on any atom is 0.224 e. The smallest absolute Gasteiger partial charge is 0.224 e. The summed E-state index contributed by atoms with van der Waals surface area (Å²) < 4.78 is 0. The molecule has 2 aromatic carbocycles. The van der Waals surface area contributed by atoms with E-state index >= 15 is 0 Å². The standard InChI is InChI=1S/C18H21ClN2O/c1-21(2)17(15-6-4-3-5-7-15)13-20-18(22)12-14-8-10-16(19)11-9-14/h3-11,17H,12-13H2,1-2H3,(H,20,22)/p+1/t17-/m0/s1. The average molecular weight is 318 g/mol. The summed E-state index contributed by atoms with van der Waals surface area (Å²) in [5, 5.41) is 3.72. The van der Waals surface area contributed by atoms with Crippen LogP contribution < -0.4 is 10.2 Å². The van der Waals surface area contributed by atoms with Gasteiger partial charge in [0.1, 0.15) is 6.04 Å². The predicted octanol–water partition coefficient (Wildman–Crippen LogP) is 1.88. The van der Waals surface area contributed by atoms with Crippen molar-refractivity contribution < 1.29 is 9.69 Å². The van der Waals surface area contributed by atoms with E-state index in [1.54, 1.807) is 12.1 Å². The zero-order valence-corrected chi connectivity index (χ0v) is 13.7. The van der Waals surface area contributed by atoms with Crippen LogP contribution in [0.3, 0.4) is 0 Å². The first-order chi connectivity index (χ1) is 10.6. The Hall–Kier alpha value is -1.84. The van der Waals surface area contributed by atoms with Crippen molar-refractivity contribution in [2.45, 2.75) is 12.5 Å². The molecule has 0 saturated carbocycles. The Morgan fingerprint density at radius 1 is 1.09 bits per heavy atom. The van der Waals surface area contributed by atoms with Gasteiger partial charge in [0, 0.05) is 10.6 Å². The molecule has 0 spiro atoms. The molecule has 0 fully saturated rings. The van der Waals surface area contributed by atoms with Crippen molar-refractivity contribution in [1.82, 2.24) is 5.32 Å². The van der Waals surface area contributed by atoms with Crippen molar-refractivity contribution in [3.05, 3.63) is 70.7 Å². The highest BCUT2D eigenvalue weighted by molar-refractivity contribution is 6.30. The average Bonchev–Trinajstić information content (AvgIpc) is 2.50. The first kappa shape index (κ1) is 16.5. The number of carbonyl (C=O) groups is 1. The van der Waals surface area contributed by atoms with Crippen LogP contribution >= 0.6 is 11.6 Å². The Labute approximate surface area is 136 Å². The van der Waals surface area contributed by atoms with Gasteiger partial charge in [0.15, 0.2) is 0 Å². The molecule has 0 heterocycles. The molecule has 0 unspecified atom stereocenters. The van der Waals surface area contributed by atoms with E-state index in [4.69, 9.17) is 11.6 Å². The second kappa shape index (κ2) is 7.97. The third kappa shape index (κ3) is 4.86. The molecule has 2 rings (SSSR count). The number of likely N-dealkylation sites (N-methyl/N-ethyl adjacent to an activating group) is 1. The Balaban J connectivity index is 1.92. The highest BCUT2D eigenvalue weighted by Crippen LogP contribution is 2.10. The second-order valence-electron chi connectivity index (χ2n) is 5.65. The number of amides is 1. The minimum absolute atomic E-state index is 0.0319. The zero-order valence-electron chi connectivity index (χ0n) is 13.0. The van der Waals surface area contributed by atoms with E-state index in [9.17, 15) is 4.79 Å². The fraction of sp³-hybridized carbons (Fsp3) is 0.278. The first-order valence-electron chi connectivity index (χ1n) is 7.42. The lowest BCUT2D eigenvalue weighted by atomic mass is 10.1. The van der Waals surface area contributed by atoms with Crippen molar-refractivity contribution in [2.75, 3.05) is 20.6 Å². The summed E-state index contributed by atoms with van der Waals surface area (Å²) in [5.41, 5.74) is 2.20. The normalized spacial score (nSPS) is 12.2. The van der Waals surface area contributed by atoms with Crippen LogP contribution in [0.2, 0.25) is 5.02 Å². The van der Waals surface area contributed by atoms with E-state index in [0.29, 0.717) is 18.0 Å². The van der Waals surface area contributed by atoms with E-state index in [1.165, 1.54) is 10.5 Å². The fourth-order valence-corrected chi connectivity index (χ4v) is 2.53. The summed E-state index contributed by atoms with van der Waals surface area (Å²) in [7, 11) is 4.20. The molecule has 0 aliphatic carbocycles. The molecular formula is C18H22ClN2O+. The van der Waals surface area contributed by atoms with Crippen LogP contribution in [0.25, 0.3) is 0 Å². The Morgan fingerprint density at radius 2 is 1.73 bits per heavy atom. The van der Waals surface area contributed by atoms with Crippen molar-refractivity contribution >= 4 is 17.5 Å². The van der Waals surface area contributed by atoms with Crippen molar-refractivity contribution in [3.8, 4) is 0 Å². The minimum Gasteiger partial charge on any atom is -0.349 e. The molecule has 116 valence electrons. The van der Waals surface area contributed by atoms with E-state index in [0.717, 1.165) is 5.56 Å². The highest BCUT2D eigenvalue weighted by atomic mass is 35.5. The third-order valence-electron chi connectivity index (χ3n) is 3.68. The molecule has 4 heteroatoms. The molecule has 22 heavy (non-hydrogen) atoms. The molecule has 0 radical (unpaired) electrons. The van der Waals surface area contributed by atoms with Gasteiger partial charge < -0.3 is 10.2 Å². The summed E-state index contributed by atoms with van der Waals surface area (Å²) >= 11 is 5.85. The topological polar surface area (TPSA) is 33.5 Å². The second-order valence-corrected chi connectivity index (χ2v) is 6.08. The van der Waals surface area contributed by atoms with Crippen LogP contribution in [-0.2, 0) is 11.2 Å². The molecule has 2 N–H and O–H groups in total. The Morgan fingerprint density at radius 3 is 2.32 bits per heavy atom. The number of quaternary nitrogens is 1. The third-order valence-corrected chi connectivity index (χ3v) is 3.93. The molecule has 0 saturated heterocycles.